The first-order chi connectivity index (χ1) is 11.0. The van der Waals surface area contributed by atoms with Gasteiger partial charge in [0.05, 0.1) is 21.3 Å². The summed E-state index contributed by atoms with van der Waals surface area (Å²) in [7, 11) is 6.66. The lowest BCUT2D eigenvalue weighted by atomic mass is 10.2. The minimum Gasteiger partial charge on any atom is -0.493 e. The molecule has 1 aromatic carbocycles. The molecule has 23 heavy (non-hydrogen) atoms. The number of nitrogens with one attached hydrogen (secondary N) is 1. The molecule has 0 aliphatic carbocycles. The minimum atomic E-state index is -0.0468. The fourth-order valence-corrected chi connectivity index (χ4v) is 2.19. The number of hydrogen-bond acceptors (Lipinski definition) is 5. The molecule has 0 aliphatic heterocycles. The lowest BCUT2D eigenvalue weighted by Gasteiger charge is -2.23. The Morgan fingerprint density at radius 2 is 1.74 bits per heavy atom. The first-order valence-corrected chi connectivity index (χ1v) is 7.76. The fraction of sp³-hybridized carbons (Fsp3) is 0.588. The maximum atomic E-state index is 12.1. The van der Waals surface area contributed by atoms with Crippen molar-refractivity contribution in [2.45, 2.75) is 32.7 Å². The van der Waals surface area contributed by atoms with Crippen molar-refractivity contribution in [3.8, 4) is 17.2 Å². The van der Waals surface area contributed by atoms with Gasteiger partial charge in [0.2, 0.25) is 11.7 Å². The molecule has 6 nitrogen and oxygen atoms in total. The van der Waals surface area contributed by atoms with Crippen LogP contribution in [0, 0.1) is 0 Å². The van der Waals surface area contributed by atoms with Crippen molar-refractivity contribution >= 4 is 11.6 Å². The number of carbonyl (C=O) groups is 1. The molecule has 0 aromatic heterocycles. The molecule has 0 radical (unpaired) electrons. The number of amides is 1. The third-order valence-electron chi connectivity index (χ3n) is 3.98. The van der Waals surface area contributed by atoms with Crippen LogP contribution in [0.5, 0.6) is 17.2 Å². The molecule has 6 heteroatoms. The normalized spacial score (nSPS) is 12.0. The summed E-state index contributed by atoms with van der Waals surface area (Å²) in [5, 5.41) is 2.87. The van der Waals surface area contributed by atoms with Gasteiger partial charge in [0.1, 0.15) is 0 Å². The predicted molar refractivity (Wildman–Crippen MR) is 91.7 cm³/mol. The van der Waals surface area contributed by atoms with Crippen LogP contribution in [0.1, 0.15) is 26.7 Å². The van der Waals surface area contributed by atoms with E-state index < -0.39 is 0 Å². The number of anilines is 1. The maximum Gasteiger partial charge on any atom is 0.225 e. The Bertz CT molecular complexity index is 494. The highest BCUT2D eigenvalue weighted by molar-refractivity contribution is 5.91. The van der Waals surface area contributed by atoms with Crippen LogP contribution < -0.4 is 19.5 Å². The topological polar surface area (TPSA) is 60.0 Å². The molecule has 0 fully saturated rings. The van der Waals surface area contributed by atoms with Crippen LogP contribution in [0.4, 0.5) is 5.69 Å². The number of ether oxygens (including phenoxy) is 3. The van der Waals surface area contributed by atoms with Gasteiger partial charge in [-0.15, -0.1) is 0 Å². The second-order valence-electron chi connectivity index (χ2n) is 5.45. The van der Waals surface area contributed by atoms with Crippen LogP contribution in [0.25, 0.3) is 0 Å². The third-order valence-corrected chi connectivity index (χ3v) is 3.98. The minimum absolute atomic E-state index is 0.0468. The lowest BCUT2D eigenvalue weighted by molar-refractivity contribution is -0.116. The molecule has 1 amide bonds. The quantitative estimate of drug-likeness (QED) is 0.757. The smallest absolute Gasteiger partial charge is 0.225 e. The van der Waals surface area contributed by atoms with Crippen LogP contribution in [0.15, 0.2) is 12.1 Å². The summed E-state index contributed by atoms with van der Waals surface area (Å²) in [6, 6.07) is 3.90. The molecule has 0 unspecified atom stereocenters. The average Bonchev–Trinajstić information content (AvgIpc) is 2.57. The zero-order valence-corrected chi connectivity index (χ0v) is 14.9. The Balaban J connectivity index is 2.75. The Morgan fingerprint density at radius 1 is 1.17 bits per heavy atom. The number of hydrogen-bond donors (Lipinski definition) is 1. The molecule has 0 saturated heterocycles. The monoisotopic (exact) mass is 324 g/mol. The van der Waals surface area contributed by atoms with E-state index in [1.54, 1.807) is 33.5 Å². The summed E-state index contributed by atoms with van der Waals surface area (Å²) in [5.41, 5.74) is 0.621. The highest BCUT2D eigenvalue weighted by Gasteiger charge is 2.15. The van der Waals surface area contributed by atoms with Crippen molar-refractivity contribution < 1.29 is 19.0 Å². The van der Waals surface area contributed by atoms with E-state index in [4.69, 9.17) is 14.2 Å². The van der Waals surface area contributed by atoms with E-state index in [-0.39, 0.29) is 5.91 Å². The summed E-state index contributed by atoms with van der Waals surface area (Å²) in [6.07, 6.45) is 1.49. The second-order valence-corrected chi connectivity index (χ2v) is 5.45. The molecule has 1 atom stereocenters. The van der Waals surface area contributed by atoms with E-state index in [9.17, 15) is 4.79 Å². The molecule has 0 aliphatic rings. The number of nitrogens with zero attached hydrogens (tertiary/aromatic N) is 1. The number of benzene rings is 1. The van der Waals surface area contributed by atoms with Gasteiger partial charge in [-0.1, -0.05) is 6.92 Å². The zero-order chi connectivity index (χ0) is 17.4. The zero-order valence-electron chi connectivity index (χ0n) is 14.9. The molecule has 0 bridgehead atoms. The Hall–Kier alpha value is -1.95. The van der Waals surface area contributed by atoms with Crippen LogP contribution in [0.2, 0.25) is 0 Å². The molecule has 1 aromatic rings. The molecule has 0 heterocycles. The van der Waals surface area contributed by atoms with Crippen molar-refractivity contribution in [2.24, 2.45) is 0 Å². The molecule has 1 rings (SSSR count). The van der Waals surface area contributed by atoms with Gasteiger partial charge in [0.15, 0.2) is 11.5 Å². The van der Waals surface area contributed by atoms with Crippen LogP contribution in [-0.4, -0.2) is 51.8 Å². The van der Waals surface area contributed by atoms with E-state index >= 15 is 0 Å². The summed E-state index contributed by atoms with van der Waals surface area (Å²) < 4.78 is 15.8. The van der Waals surface area contributed by atoms with Crippen molar-refractivity contribution in [1.82, 2.24) is 4.90 Å². The first kappa shape index (κ1) is 19.1. The lowest BCUT2D eigenvalue weighted by Crippen LogP contribution is -2.31. The van der Waals surface area contributed by atoms with Gasteiger partial charge in [-0.25, -0.2) is 0 Å². The molecule has 0 saturated carbocycles. The van der Waals surface area contributed by atoms with E-state index in [2.05, 4.69) is 24.1 Å². The highest BCUT2D eigenvalue weighted by atomic mass is 16.5. The van der Waals surface area contributed by atoms with E-state index in [0.717, 1.165) is 6.42 Å². The first-order valence-electron chi connectivity index (χ1n) is 7.76. The van der Waals surface area contributed by atoms with E-state index in [1.165, 1.54) is 0 Å². The van der Waals surface area contributed by atoms with Gasteiger partial charge in [0, 0.05) is 36.8 Å². The molecule has 1 N–H and O–H groups in total. The fourth-order valence-electron chi connectivity index (χ4n) is 2.19. The van der Waals surface area contributed by atoms with E-state index in [1.807, 2.05) is 7.05 Å². The predicted octanol–water partition coefficient (Wildman–Crippen LogP) is 2.77. The van der Waals surface area contributed by atoms with Crippen LogP contribution in [0.3, 0.4) is 0 Å². The van der Waals surface area contributed by atoms with Gasteiger partial charge in [-0.2, -0.15) is 0 Å². The van der Waals surface area contributed by atoms with Crippen LogP contribution in [-0.2, 0) is 4.79 Å². The van der Waals surface area contributed by atoms with Crippen molar-refractivity contribution in [3.05, 3.63) is 12.1 Å². The summed E-state index contributed by atoms with van der Waals surface area (Å²) >= 11 is 0. The van der Waals surface area contributed by atoms with Gasteiger partial charge in [-0.05, 0) is 20.4 Å². The van der Waals surface area contributed by atoms with Gasteiger partial charge >= 0.3 is 0 Å². The summed E-state index contributed by atoms with van der Waals surface area (Å²) in [6.45, 7) is 5.00. The van der Waals surface area contributed by atoms with Crippen molar-refractivity contribution in [1.29, 1.82) is 0 Å². The van der Waals surface area contributed by atoms with E-state index in [0.29, 0.717) is 41.9 Å². The molecular formula is C17H28N2O4. The molecule has 0 spiro atoms. The maximum absolute atomic E-state index is 12.1. The summed E-state index contributed by atoms with van der Waals surface area (Å²) in [4.78, 5) is 14.3. The van der Waals surface area contributed by atoms with Gasteiger partial charge in [0.25, 0.3) is 0 Å². The third kappa shape index (κ3) is 5.32. The number of carbonyl (C=O) groups excluding carboxylic acids is 1. The Labute approximate surface area is 138 Å². The standard InChI is InChI=1S/C17H28N2O4/c1-7-12(2)19(3)9-8-16(20)18-13-10-14(21-4)17(23-6)15(11-13)22-5/h10-12H,7-9H2,1-6H3,(H,18,20)/t12-/m0/s1. The average molecular weight is 324 g/mol. The molecular weight excluding hydrogens is 296 g/mol. The van der Waals surface area contributed by atoms with Crippen molar-refractivity contribution in [3.63, 3.8) is 0 Å². The largest absolute Gasteiger partial charge is 0.493 e. The Morgan fingerprint density at radius 3 is 2.17 bits per heavy atom. The van der Waals surface area contributed by atoms with Gasteiger partial charge < -0.3 is 24.4 Å². The Kier molecular flexibility index (Phi) is 7.68. The highest BCUT2D eigenvalue weighted by Crippen LogP contribution is 2.39. The SMILES string of the molecule is CC[C@H](C)N(C)CCC(=O)Nc1cc(OC)c(OC)c(OC)c1. The molecule has 130 valence electrons. The second kappa shape index (κ2) is 9.25. The summed E-state index contributed by atoms with van der Waals surface area (Å²) in [5.74, 6) is 1.48. The number of rotatable bonds is 9. The van der Waals surface area contributed by atoms with Crippen LogP contribution >= 0.6 is 0 Å². The number of methoxy groups -OCH3 is 3. The van der Waals surface area contributed by atoms with Gasteiger partial charge in [-0.3, -0.25) is 4.79 Å². The van der Waals surface area contributed by atoms with Crippen molar-refractivity contribution in [2.75, 3.05) is 40.2 Å².